The number of hydrogen-bond donors (Lipinski definition) is 2. The number of nitrogens with one attached hydrogen (secondary N) is 1. The highest BCUT2D eigenvalue weighted by molar-refractivity contribution is 7.52. The number of ether oxygens (including phenoxy) is 4. The Morgan fingerprint density at radius 2 is 1.84 bits per heavy atom. The summed E-state index contributed by atoms with van der Waals surface area (Å²) in [5.74, 6) is -1.64. The Balaban J connectivity index is 1.49. The third-order valence-electron chi connectivity index (χ3n) is 8.40. The number of esters is 3. The fourth-order valence-corrected chi connectivity index (χ4v) is 6.96. The molecule has 1 saturated heterocycles. The minimum Gasteiger partial charge on any atom is -0.464 e. The third-order valence-corrected chi connectivity index (χ3v) is 10.0. The van der Waals surface area contributed by atoms with Crippen LogP contribution in [0.5, 0.6) is 5.75 Å². The molecule has 16 heteroatoms. The Morgan fingerprint density at radius 1 is 1.12 bits per heavy atom. The minimum atomic E-state index is -4.51. The van der Waals surface area contributed by atoms with Crippen molar-refractivity contribution in [3.05, 3.63) is 60.4 Å². The first-order valence-electron chi connectivity index (χ1n) is 16.1. The van der Waals surface area contributed by atoms with Gasteiger partial charge in [0, 0.05) is 19.0 Å². The lowest BCUT2D eigenvalue weighted by atomic mass is 9.86. The predicted octanol–water partition coefficient (Wildman–Crippen LogP) is 4.42. The van der Waals surface area contributed by atoms with Crippen molar-refractivity contribution >= 4 is 36.9 Å². The SMILES string of the molecule is CCC(=O)O[C@H]1[C@H](c2ccc3c(N)ccnn23)O[C@](C#N)(CO[P@@](=O)(N[C@@H](C)C(=O)OCC2CCC2)Oc2ccccc2)[C@H]1OC(=O)CC. The Hall–Kier alpha value is -4.48. The summed E-state index contributed by atoms with van der Waals surface area (Å²) in [6.07, 6.45) is 0.193. The summed E-state index contributed by atoms with van der Waals surface area (Å²) in [4.78, 5) is 38.4. The number of nitrogen functional groups attached to an aromatic ring is 1. The molecule has 1 saturated carbocycles. The van der Waals surface area contributed by atoms with E-state index in [1.165, 1.54) is 29.8 Å². The molecule has 15 nitrogen and oxygen atoms in total. The van der Waals surface area contributed by atoms with E-state index in [0.717, 1.165) is 19.3 Å². The van der Waals surface area contributed by atoms with Crippen LogP contribution in [0.4, 0.5) is 5.69 Å². The fraction of sp³-hybridized carbons (Fsp3) is 0.485. The molecule has 2 aromatic heterocycles. The van der Waals surface area contributed by atoms with Gasteiger partial charge in [0.05, 0.1) is 23.5 Å². The van der Waals surface area contributed by atoms with Gasteiger partial charge in [-0.1, -0.05) is 38.5 Å². The molecule has 3 aromatic rings. The molecular weight excluding hydrogens is 657 g/mol. The summed E-state index contributed by atoms with van der Waals surface area (Å²) in [6, 6.07) is 13.8. The first-order valence-corrected chi connectivity index (χ1v) is 17.7. The lowest BCUT2D eigenvalue weighted by Gasteiger charge is -2.30. The number of aromatic nitrogens is 2. The number of benzene rings is 1. The second-order valence-corrected chi connectivity index (χ2v) is 13.6. The Morgan fingerprint density at radius 3 is 2.49 bits per heavy atom. The van der Waals surface area contributed by atoms with E-state index >= 15 is 0 Å². The van der Waals surface area contributed by atoms with E-state index < -0.39 is 62.2 Å². The van der Waals surface area contributed by atoms with Gasteiger partial charge in [0.25, 0.3) is 0 Å². The van der Waals surface area contributed by atoms with Crippen LogP contribution in [-0.2, 0) is 42.4 Å². The van der Waals surface area contributed by atoms with Gasteiger partial charge >= 0.3 is 25.7 Å². The van der Waals surface area contributed by atoms with Crippen LogP contribution < -0.4 is 15.3 Å². The standard InChI is InChI=1S/C33H40N5O10P/c1-4-27(39)45-30-29(26-15-14-25-24(35)16-17-36-38(25)26)47-33(19-34,31(30)46-28(40)5-2)20-44-49(42,48-23-12-7-6-8-13-23)37-21(3)32(41)43-18-22-10-9-11-22/h6-8,12-17,21-22,29-31H,4-5,9-11,18,20,35H2,1-3H3,(H,37,42)/t21-,29-,30-,31-,33+,49-/m0/s1. The highest BCUT2D eigenvalue weighted by Gasteiger charge is 2.62. The van der Waals surface area contributed by atoms with E-state index in [9.17, 15) is 24.2 Å². The van der Waals surface area contributed by atoms with E-state index in [2.05, 4.69) is 10.2 Å². The number of nitriles is 1. The maximum Gasteiger partial charge on any atom is 0.459 e. The zero-order valence-electron chi connectivity index (χ0n) is 27.5. The third kappa shape index (κ3) is 8.05. The van der Waals surface area contributed by atoms with Gasteiger partial charge in [-0.2, -0.15) is 15.4 Å². The summed E-state index contributed by atoms with van der Waals surface area (Å²) in [5, 5.41) is 17.7. The summed E-state index contributed by atoms with van der Waals surface area (Å²) in [6.45, 7) is 3.99. The van der Waals surface area contributed by atoms with Crippen LogP contribution in [0.25, 0.3) is 5.52 Å². The van der Waals surface area contributed by atoms with Gasteiger partial charge in [-0.05, 0) is 56.0 Å². The highest BCUT2D eigenvalue weighted by atomic mass is 31.2. The van der Waals surface area contributed by atoms with Crippen LogP contribution in [0, 0.1) is 17.2 Å². The van der Waals surface area contributed by atoms with Crippen LogP contribution in [-0.4, -0.2) is 64.6 Å². The van der Waals surface area contributed by atoms with E-state index in [1.54, 1.807) is 50.2 Å². The zero-order chi connectivity index (χ0) is 35.2. The molecule has 5 rings (SSSR count). The van der Waals surface area contributed by atoms with Crippen LogP contribution in [0.3, 0.4) is 0 Å². The number of anilines is 1. The number of carbonyl (C=O) groups excluding carboxylic acids is 3. The normalized spacial score (nSPS) is 23.8. The number of fused-ring (bicyclic) bond motifs is 1. The number of hydrogen-bond acceptors (Lipinski definition) is 13. The lowest BCUT2D eigenvalue weighted by Crippen LogP contribution is -2.49. The number of nitrogens with two attached hydrogens (primary N) is 1. The van der Waals surface area contributed by atoms with Gasteiger partial charge in [-0.25, -0.2) is 9.08 Å². The van der Waals surface area contributed by atoms with Gasteiger partial charge in [0.15, 0.2) is 12.2 Å². The molecule has 2 aliphatic rings. The molecule has 262 valence electrons. The van der Waals surface area contributed by atoms with Gasteiger partial charge in [0.1, 0.15) is 30.6 Å². The predicted molar refractivity (Wildman–Crippen MR) is 174 cm³/mol. The molecule has 6 atom stereocenters. The van der Waals surface area contributed by atoms with Crippen molar-refractivity contribution in [1.82, 2.24) is 14.7 Å². The Labute approximate surface area is 283 Å². The molecule has 1 aliphatic carbocycles. The molecule has 3 heterocycles. The first kappa shape index (κ1) is 35.8. The molecule has 0 radical (unpaired) electrons. The highest BCUT2D eigenvalue weighted by Crippen LogP contribution is 2.50. The van der Waals surface area contributed by atoms with Gasteiger partial charge in [-0.3, -0.25) is 18.9 Å². The van der Waals surface area contributed by atoms with Crippen molar-refractivity contribution in [1.29, 1.82) is 5.26 Å². The molecular formula is C33H40N5O10P. The zero-order valence-corrected chi connectivity index (χ0v) is 28.4. The van der Waals surface area contributed by atoms with Crippen LogP contribution in [0.15, 0.2) is 54.7 Å². The van der Waals surface area contributed by atoms with E-state index in [1.807, 2.05) is 6.07 Å². The average molecular weight is 698 g/mol. The molecule has 0 amide bonds. The van der Waals surface area contributed by atoms with Crippen molar-refractivity contribution in [3.63, 3.8) is 0 Å². The van der Waals surface area contributed by atoms with E-state index in [-0.39, 0.29) is 31.1 Å². The van der Waals surface area contributed by atoms with Crippen molar-refractivity contribution in [2.45, 2.75) is 82.8 Å². The lowest BCUT2D eigenvalue weighted by molar-refractivity contribution is -0.169. The summed E-state index contributed by atoms with van der Waals surface area (Å²) in [5.41, 5.74) is 5.18. The van der Waals surface area contributed by atoms with Crippen LogP contribution in [0.2, 0.25) is 0 Å². The molecule has 1 aliphatic heterocycles. The largest absolute Gasteiger partial charge is 0.464 e. The van der Waals surface area contributed by atoms with Crippen molar-refractivity contribution in [3.8, 4) is 11.8 Å². The second kappa shape index (κ2) is 15.4. The maximum atomic E-state index is 14.4. The van der Waals surface area contributed by atoms with Crippen molar-refractivity contribution in [2.24, 2.45) is 5.92 Å². The summed E-state index contributed by atoms with van der Waals surface area (Å²) in [7, 11) is -4.51. The van der Waals surface area contributed by atoms with Crippen molar-refractivity contribution < 1.29 is 46.9 Å². The summed E-state index contributed by atoms with van der Waals surface area (Å²) < 4.78 is 50.8. The first-order chi connectivity index (χ1) is 23.5. The molecule has 3 N–H and O–H groups in total. The molecule has 2 fully saturated rings. The Kier molecular flexibility index (Phi) is 11.2. The average Bonchev–Trinajstić information content (AvgIpc) is 3.63. The number of rotatable bonds is 15. The Bertz CT molecular complexity index is 1740. The smallest absolute Gasteiger partial charge is 0.459 e. The molecule has 0 spiro atoms. The minimum absolute atomic E-state index is 0.0351. The van der Waals surface area contributed by atoms with E-state index in [4.69, 9.17) is 33.7 Å². The van der Waals surface area contributed by atoms with Crippen LogP contribution in [0.1, 0.15) is 64.7 Å². The quantitative estimate of drug-likeness (QED) is 0.128. The molecule has 49 heavy (non-hydrogen) atoms. The maximum absolute atomic E-state index is 14.4. The molecule has 1 aromatic carbocycles. The van der Waals surface area contributed by atoms with Gasteiger partial charge in [-0.15, -0.1) is 0 Å². The molecule has 0 bridgehead atoms. The van der Waals surface area contributed by atoms with Crippen molar-refractivity contribution in [2.75, 3.05) is 18.9 Å². The van der Waals surface area contributed by atoms with Gasteiger partial charge in [0.2, 0.25) is 5.60 Å². The van der Waals surface area contributed by atoms with E-state index in [0.29, 0.717) is 16.9 Å². The number of carbonyl (C=O) groups is 3. The second-order valence-electron chi connectivity index (χ2n) is 11.9. The fourth-order valence-electron chi connectivity index (χ4n) is 5.44. The monoisotopic (exact) mass is 697 g/mol. The van der Waals surface area contributed by atoms with Crippen LogP contribution >= 0.6 is 7.75 Å². The molecule has 0 unspecified atom stereocenters. The number of nitrogens with zero attached hydrogens (tertiary/aromatic N) is 3. The van der Waals surface area contributed by atoms with Gasteiger partial charge < -0.3 is 29.2 Å². The summed E-state index contributed by atoms with van der Waals surface area (Å²) >= 11 is 0. The number of para-hydroxylation sites is 1. The topological polar surface area (TPSA) is 203 Å².